The van der Waals surface area contributed by atoms with Crippen LogP contribution in [0.1, 0.15) is 96.8 Å². The lowest BCUT2D eigenvalue weighted by atomic mass is 10.0. The molecule has 0 N–H and O–H groups in total. The second-order valence-electron chi connectivity index (χ2n) is 6.27. The van der Waals surface area contributed by atoms with Crippen LogP contribution in [-0.2, 0) is 8.54 Å². The Bertz CT molecular complexity index is 192. The molecule has 0 aliphatic heterocycles. The van der Waals surface area contributed by atoms with Gasteiger partial charge >= 0.3 is 9.28 Å². The maximum absolute atomic E-state index is 5.65. The Morgan fingerprint density at radius 3 is 1.43 bits per heavy atom. The first-order valence-corrected chi connectivity index (χ1v) is 12.4. The maximum Gasteiger partial charge on any atom is 0.307 e. The highest BCUT2D eigenvalue weighted by Crippen LogP contribution is 2.12. The van der Waals surface area contributed by atoms with Gasteiger partial charge in [0.15, 0.2) is 0 Å². The van der Waals surface area contributed by atoms with Gasteiger partial charge in [0.2, 0.25) is 0 Å². The fraction of sp³-hybridized carbons (Fsp3) is 1.00. The van der Waals surface area contributed by atoms with E-state index in [1.807, 2.05) is 0 Å². The Balaban J connectivity index is 2.96. The van der Waals surface area contributed by atoms with Crippen molar-refractivity contribution in [2.24, 2.45) is 0 Å². The quantitative estimate of drug-likeness (QED) is 0.285. The van der Waals surface area contributed by atoms with E-state index in [1.165, 1.54) is 89.9 Å². The van der Waals surface area contributed by atoms with Crippen molar-refractivity contribution in [1.29, 1.82) is 0 Å². The molecule has 0 saturated heterocycles. The Kier molecular flexibility index (Phi) is 18.7. The second-order valence-corrected chi connectivity index (χ2v) is 9.62. The van der Waals surface area contributed by atoms with Gasteiger partial charge in [-0.25, -0.2) is 0 Å². The third-order valence-corrected chi connectivity index (χ3v) is 7.54. The summed E-state index contributed by atoms with van der Waals surface area (Å²) in [4.78, 5) is 0. The summed E-state index contributed by atoms with van der Waals surface area (Å²) >= 11 is 0. The van der Waals surface area contributed by atoms with E-state index in [4.69, 9.17) is 8.54 Å². The van der Waals surface area contributed by atoms with Crippen LogP contribution >= 0.6 is 0 Å². The fourth-order valence-electron chi connectivity index (χ4n) is 2.61. The molecule has 0 aromatic carbocycles. The van der Waals surface area contributed by atoms with Crippen molar-refractivity contribution >= 4 is 19.8 Å². The third kappa shape index (κ3) is 18.3. The van der Waals surface area contributed by atoms with Crippen molar-refractivity contribution < 1.29 is 8.54 Å². The first-order chi connectivity index (χ1) is 10.3. The van der Waals surface area contributed by atoms with E-state index in [1.54, 1.807) is 0 Å². The average Bonchev–Trinajstić information content (AvgIpc) is 2.50. The molecule has 0 amide bonds. The average molecular weight is 333 g/mol. The maximum atomic E-state index is 5.65. The molecule has 0 aromatic rings. The minimum atomic E-state index is -1.21. The van der Waals surface area contributed by atoms with E-state index < -0.39 is 9.28 Å². The van der Waals surface area contributed by atoms with Gasteiger partial charge in [-0.3, -0.25) is 0 Å². The molecular formula is C17H40O2Si2. The minimum Gasteiger partial charge on any atom is -0.447 e. The third-order valence-electron chi connectivity index (χ3n) is 4.18. The van der Waals surface area contributed by atoms with Crippen LogP contribution in [0.5, 0.6) is 0 Å². The highest BCUT2D eigenvalue weighted by molar-refractivity contribution is 6.47. The van der Waals surface area contributed by atoms with Crippen molar-refractivity contribution in [1.82, 2.24) is 0 Å². The highest BCUT2D eigenvalue weighted by atomic mass is 28.3. The number of rotatable bonds is 17. The predicted molar refractivity (Wildman–Crippen MR) is 100 cm³/mol. The van der Waals surface area contributed by atoms with Crippen molar-refractivity contribution in [3.63, 3.8) is 0 Å². The zero-order valence-corrected chi connectivity index (χ0v) is 18.2. The summed E-state index contributed by atoms with van der Waals surface area (Å²) in [5, 5.41) is 0. The standard InChI is InChI=1S/C17H40O2Si2/c1-3-4-5-6-7-8-9-10-11-12-13-14-15-16-17-18-21(2)19-20/h21H,3-17H2,1-2,20H3. The summed E-state index contributed by atoms with van der Waals surface area (Å²) in [6.07, 6.45) is 19.8. The molecule has 0 fully saturated rings. The highest BCUT2D eigenvalue weighted by Gasteiger charge is 2.00. The normalized spacial score (nSPS) is 12.9. The Morgan fingerprint density at radius 2 is 1.05 bits per heavy atom. The molecule has 0 aliphatic carbocycles. The van der Waals surface area contributed by atoms with Gasteiger partial charge in [-0.1, -0.05) is 90.4 Å². The summed E-state index contributed by atoms with van der Waals surface area (Å²) in [5.41, 5.74) is 0. The molecule has 0 spiro atoms. The molecular weight excluding hydrogens is 292 g/mol. The van der Waals surface area contributed by atoms with Gasteiger partial charge < -0.3 is 8.54 Å². The van der Waals surface area contributed by atoms with Crippen LogP contribution < -0.4 is 0 Å². The van der Waals surface area contributed by atoms with Gasteiger partial charge in [0.25, 0.3) is 0 Å². The van der Waals surface area contributed by atoms with Crippen LogP contribution in [0.15, 0.2) is 0 Å². The molecule has 0 bridgehead atoms. The molecule has 1 unspecified atom stereocenters. The molecule has 0 aliphatic rings. The molecule has 0 aromatic heterocycles. The molecule has 2 nitrogen and oxygen atoms in total. The van der Waals surface area contributed by atoms with Crippen molar-refractivity contribution in [2.45, 2.75) is 103 Å². The molecule has 21 heavy (non-hydrogen) atoms. The lowest BCUT2D eigenvalue weighted by Gasteiger charge is -2.09. The van der Waals surface area contributed by atoms with Crippen LogP contribution in [0.3, 0.4) is 0 Å². The summed E-state index contributed by atoms with van der Waals surface area (Å²) in [5.74, 6) is 0. The largest absolute Gasteiger partial charge is 0.447 e. The van der Waals surface area contributed by atoms with E-state index in [-0.39, 0.29) is 0 Å². The summed E-state index contributed by atoms with van der Waals surface area (Å²) in [7, 11) is -0.380. The predicted octanol–water partition coefficient (Wildman–Crippen LogP) is 4.63. The summed E-state index contributed by atoms with van der Waals surface area (Å²) in [6.45, 7) is 5.33. The molecule has 128 valence electrons. The number of hydrogen-bond donors (Lipinski definition) is 0. The Morgan fingerprint density at radius 1 is 0.667 bits per heavy atom. The molecule has 0 rings (SSSR count). The van der Waals surface area contributed by atoms with Crippen LogP contribution in [0.25, 0.3) is 0 Å². The van der Waals surface area contributed by atoms with Gasteiger partial charge in [0, 0.05) is 6.61 Å². The molecule has 0 heterocycles. The minimum absolute atomic E-state index is 0.831. The van der Waals surface area contributed by atoms with Gasteiger partial charge in [0.05, 0.1) is 0 Å². The molecule has 4 heteroatoms. The lowest BCUT2D eigenvalue weighted by molar-refractivity contribution is 0.266. The SMILES string of the molecule is CCCCCCCCCCCCCCCCO[SiH](C)O[SiH3]. The van der Waals surface area contributed by atoms with Crippen molar-refractivity contribution in [2.75, 3.05) is 6.61 Å². The fourth-order valence-corrected chi connectivity index (χ4v) is 3.66. The topological polar surface area (TPSA) is 18.5 Å². The number of unbranched alkanes of at least 4 members (excludes halogenated alkanes) is 13. The van der Waals surface area contributed by atoms with Crippen LogP contribution in [0, 0.1) is 0 Å². The van der Waals surface area contributed by atoms with Crippen molar-refractivity contribution in [3.8, 4) is 0 Å². The molecule has 1 atom stereocenters. The zero-order chi connectivity index (χ0) is 15.6. The van der Waals surface area contributed by atoms with Gasteiger partial charge in [-0.05, 0) is 13.0 Å². The van der Waals surface area contributed by atoms with Crippen LogP contribution in [0.2, 0.25) is 6.55 Å². The lowest BCUT2D eigenvalue weighted by Crippen LogP contribution is -2.17. The van der Waals surface area contributed by atoms with E-state index in [2.05, 4.69) is 13.5 Å². The smallest absolute Gasteiger partial charge is 0.307 e. The first kappa shape index (κ1) is 21.4. The summed E-state index contributed by atoms with van der Waals surface area (Å²) in [6, 6.07) is 0. The molecule has 0 saturated carbocycles. The number of hydrogen-bond acceptors (Lipinski definition) is 2. The Hall–Kier alpha value is 0.354. The van der Waals surface area contributed by atoms with E-state index in [9.17, 15) is 0 Å². The monoisotopic (exact) mass is 332 g/mol. The Labute approximate surface area is 138 Å². The summed E-state index contributed by atoms with van der Waals surface area (Å²) < 4.78 is 11.0. The van der Waals surface area contributed by atoms with Gasteiger partial charge in [0.1, 0.15) is 10.5 Å². The van der Waals surface area contributed by atoms with Crippen LogP contribution in [-0.4, -0.2) is 26.4 Å². The van der Waals surface area contributed by atoms with E-state index in [0.717, 1.165) is 17.1 Å². The first-order valence-electron chi connectivity index (χ1n) is 9.45. The zero-order valence-electron chi connectivity index (χ0n) is 15.0. The van der Waals surface area contributed by atoms with Gasteiger partial charge in [-0.2, -0.15) is 0 Å². The second kappa shape index (κ2) is 18.4. The van der Waals surface area contributed by atoms with Gasteiger partial charge in [-0.15, -0.1) is 0 Å². The molecule has 0 radical (unpaired) electrons. The van der Waals surface area contributed by atoms with Crippen LogP contribution in [0.4, 0.5) is 0 Å². The van der Waals surface area contributed by atoms with E-state index in [0.29, 0.717) is 0 Å². The van der Waals surface area contributed by atoms with E-state index >= 15 is 0 Å². The van der Waals surface area contributed by atoms with Crippen molar-refractivity contribution in [3.05, 3.63) is 0 Å².